The van der Waals surface area contributed by atoms with Gasteiger partial charge in [0.1, 0.15) is 5.82 Å². The zero-order valence-corrected chi connectivity index (χ0v) is 12.9. The molecular weight excluding hydrogens is 291 g/mol. The third-order valence-electron chi connectivity index (χ3n) is 5.01. The van der Waals surface area contributed by atoms with E-state index >= 15 is 0 Å². The van der Waals surface area contributed by atoms with E-state index < -0.39 is 0 Å². The first-order chi connectivity index (χ1) is 11.2. The summed E-state index contributed by atoms with van der Waals surface area (Å²) in [5.41, 5.74) is 2.11. The van der Waals surface area contributed by atoms with Gasteiger partial charge in [-0.2, -0.15) is 0 Å². The number of nitrogens with zero attached hydrogens (tertiary/aromatic N) is 2. The predicted molar refractivity (Wildman–Crippen MR) is 85.2 cm³/mol. The molecule has 4 rings (SSSR count). The second kappa shape index (κ2) is 5.76. The molecule has 4 heteroatoms. The number of carbonyl (C=O) groups excluding carboxylic acids is 1. The zero-order valence-electron chi connectivity index (χ0n) is 12.9. The van der Waals surface area contributed by atoms with Gasteiger partial charge in [-0.15, -0.1) is 0 Å². The number of pyridine rings is 1. The quantitative estimate of drug-likeness (QED) is 0.866. The van der Waals surface area contributed by atoms with E-state index in [1.807, 2.05) is 23.1 Å². The van der Waals surface area contributed by atoms with Crippen molar-refractivity contribution in [3.8, 4) is 0 Å². The molecule has 0 spiro atoms. The predicted octanol–water partition coefficient (Wildman–Crippen LogP) is 3.69. The van der Waals surface area contributed by atoms with E-state index in [1.165, 1.54) is 6.07 Å². The third-order valence-corrected chi connectivity index (χ3v) is 5.01. The maximum absolute atomic E-state index is 13.4. The number of hydrogen-bond donors (Lipinski definition) is 0. The fourth-order valence-corrected chi connectivity index (χ4v) is 3.75. The highest BCUT2D eigenvalue weighted by Crippen LogP contribution is 2.50. The minimum atomic E-state index is -0.226. The van der Waals surface area contributed by atoms with E-state index in [0.29, 0.717) is 0 Å². The van der Waals surface area contributed by atoms with Crippen LogP contribution in [-0.4, -0.2) is 22.3 Å². The molecule has 0 N–H and O–H groups in total. The van der Waals surface area contributed by atoms with Crippen LogP contribution in [-0.2, 0) is 4.79 Å². The number of hydrogen-bond acceptors (Lipinski definition) is 2. The molecule has 1 amide bonds. The number of benzene rings is 1. The highest BCUT2D eigenvalue weighted by molar-refractivity contribution is 5.83. The first kappa shape index (κ1) is 14.4. The number of carbonyl (C=O) groups is 1. The summed E-state index contributed by atoms with van der Waals surface area (Å²) in [6, 6.07) is 10.8. The van der Waals surface area contributed by atoms with Crippen LogP contribution in [0.4, 0.5) is 4.39 Å². The van der Waals surface area contributed by atoms with Gasteiger partial charge in [0.05, 0.1) is 6.04 Å². The van der Waals surface area contributed by atoms with Gasteiger partial charge in [-0.25, -0.2) is 4.39 Å². The van der Waals surface area contributed by atoms with Gasteiger partial charge in [-0.1, -0.05) is 12.1 Å². The van der Waals surface area contributed by atoms with Gasteiger partial charge in [0.25, 0.3) is 0 Å². The normalized spacial score (nSPS) is 26.3. The van der Waals surface area contributed by atoms with Crippen LogP contribution in [0.1, 0.15) is 42.3 Å². The minimum Gasteiger partial charge on any atom is -0.335 e. The number of halogens is 1. The first-order valence-electron chi connectivity index (χ1n) is 8.20. The van der Waals surface area contributed by atoms with Gasteiger partial charge in [0.15, 0.2) is 0 Å². The van der Waals surface area contributed by atoms with E-state index in [1.54, 1.807) is 24.5 Å². The van der Waals surface area contributed by atoms with Crippen LogP contribution in [0.3, 0.4) is 0 Å². The molecule has 2 fully saturated rings. The van der Waals surface area contributed by atoms with Crippen LogP contribution >= 0.6 is 0 Å². The maximum atomic E-state index is 13.4. The molecule has 1 aliphatic heterocycles. The first-order valence-corrected chi connectivity index (χ1v) is 8.20. The summed E-state index contributed by atoms with van der Waals surface area (Å²) < 4.78 is 13.4. The Morgan fingerprint density at radius 2 is 2.00 bits per heavy atom. The maximum Gasteiger partial charge on any atom is 0.226 e. The average molecular weight is 310 g/mol. The molecule has 23 heavy (non-hydrogen) atoms. The standard InChI is InChI=1S/C19H19FN2O/c20-15-4-1-3-14(11-15)16-12-17(16)19(23)22-10-2-5-18(22)13-6-8-21-9-7-13/h1,3-4,6-9,11,16-18H,2,5,10,12H2. The average Bonchev–Trinajstić information content (AvgIpc) is 3.23. The van der Waals surface area contributed by atoms with Crippen molar-refractivity contribution in [2.24, 2.45) is 5.92 Å². The fourth-order valence-electron chi connectivity index (χ4n) is 3.75. The number of likely N-dealkylation sites (tertiary alicyclic amines) is 1. The lowest BCUT2D eigenvalue weighted by Gasteiger charge is -2.25. The van der Waals surface area contributed by atoms with Crippen LogP contribution in [0, 0.1) is 11.7 Å². The van der Waals surface area contributed by atoms with Gasteiger partial charge in [-0.05, 0) is 60.6 Å². The van der Waals surface area contributed by atoms with E-state index in [-0.39, 0.29) is 29.6 Å². The minimum absolute atomic E-state index is 0.0132. The Morgan fingerprint density at radius 3 is 2.78 bits per heavy atom. The highest BCUT2D eigenvalue weighted by atomic mass is 19.1. The van der Waals surface area contributed by atoms with Gasteiger partial charge < -0.3 is 4.90 Å². The Bertz CT molecular complexity index is 718. The van der Waals surface area contributed by atoms with Crippen molar-refractivity contribution in [2.75, 3.05) is 6.54 Å². The third kappa shape index (κ3) is 2.74. The van der Waals surface area contributed by atoms with E-state index in [9.17, 15) is 9.18 Å². The number of amides is 1. The second-order valence-corrected chi connectivity index (χ2v) is 6.47. The van der Waals surface area contributed by atoms with Crippen LogP contribution in [0.25, 0.3) is 0 Å². The molecule has 2 heterocycles. The van der Waals surface area contributed by atoms with Gasteiger partial charge in [-0.3, -0.25) is 9.78 Å². The SMILES string of the molecule is O=C(C1CC1c1cccc(F)c1)N1CCCC1c1ccncc1. The smallest absolute Gasteiger partial charge is 0.226 e. The Labute approximate surface area is 135 Å². The van der Waals surface area contributed by atoms with Gasteiger partial charge in [0, 0.05) is 24.9 Å². The molecule has 3 nitrogen and oxygen atoms in total. The molecule has 1 saturated heterocycles. The Morgan fingerprint density at radius 1 is 1.17 bits per heavy atom. The molecule has 3 unspecified atom stereocenters. The molecule has 1 aliphatic carbocycles. The number of rotatable bonds is 3. The molecule has 2 aromatic rings. The summed E-state index contributed by atoms with van der Waals surface area (Å²) in [7, 11) is 0. The summed E-state index contributed by atoms with van der Waals surface area (Å²) in [5, 5.41) is 0. The Hall–Kier alpha value is -2.23. The lowest BCUT2D eigenvalue weighted by molar-refractivity contribution is -0.133. The van der Waals surface area contributed by atoms with Crippen LogP contribution in [0.15, 0.2) is 48.8 Å². The largest absolute Gasteiger partial charge is 0.335 e. The van der Waals surface area contributed by atoms with Crippen molar-refractivity contribution in [3.63, 3.8) is 0 Å². The van der Waals surface area contributed by atoms with Crippen LogP contribution in [0.2, 0.25) is 0 Å². The lowest BCUT2D eigenvalue weighted by Crippen LogP contribution is -2.32. The van der Waals surface area contributed by atoms with Crippen LogP contribution < -0.4 is 0 Å². The Kier molecular flexibility index (Phi) is 3.60. The summed E-state index contributed by atoms with van der Waals surface area (Å²) in [4.78, 5) is 18.9. The lowest BCUT2D eigenvalue weighted by atomic mass is 10.1. The van der Waals surface area contributed by atoms with E-state index in [0.717, 1.165) is 36.9 Å². The Balaban J connectivity index is 1.49. The number of aromatic nitrogens is 1. The molecule has 0 bridgehead atoms. The van der Waals surface area contributed by atoms with Crippen molar-refractivity contribution in [2.45, 2.75) is 31.2 Å². The zero-order chi connectivity index (χ0) is 15.8. The highest BCUT2D eigenvalue weighted by Gasteiger charge is 2.47. The molecule has 1 aromatic carbocycles. The van der Waals surface area contributed by atoms with Gasteiger partial charge >= 0.3 is 0 Å². The van der Waals surface area contributed by atoms with Gasteiger partial charge in [0.2, 0.25) is 5.91 Å². The molecule has 118 valence electrons. The second-order valence-electron chi connectivity index (χ2n) is 6.47. The van der Waals surface area contributed by atoms with Crippen molar-refractivity contribution < 1.29 is 9.18 Å². The molecule has 3 atom stereocenters. The van der Waals surface area contributed by atoms with E-state index in [4.69, 9.17) is 0 Å². The van der Waals surface area contributed by atoms with Crippen molar-refractivity contribution in [3.05, 3.63) is 65.7 Å². The summed E-state index contributed by atoms with van der Waals surface area (Å²) in [6.45, 7) is 0.818. The summed E-state index contributed by atoms with van der Waals surface area (Å²) in [5.74, 6) is 0.186. The molecule has 2 aliphatic rings. The molecule has 1 saturated carbocycles. The fraction of sp³-hybridized carbons (Fsp3) is 0.368. The summed E-state index contributed by atoms with van der Waals surface area (Å²) in [6.07, 6.45) is 6.44. The molecule has 1 aromatic heterocycles. The van der Waals surface area contributed by atoms with Crippen molar-refractivity contribution >= 4 is 5.91 Å². The molecule has 0 radical (unpaired) electrons. The van der Waals surface area contributed by atoms with Crippen molar-refractivity contribution in [1.82, 2.24) is 9.88 Å². The monoisotopic (exact) mass is 310 g/mol. The summed E-state index contributed by atoms with van der Waals surface area (Å²) >= 11 is 0. The van der Waals surface area contributed by atoms with Crippen LogP contribution in [0.5, 0.6) is 0 Å². The molecular formula is C19H19FN2O. The topological polar surface area (TPSA) is 33.2 Å². The van der Waals surface area contributed by atoms with E-state index in [2.05, 4.69) is 4.98 Å². The van der Waals surface area contributed by atoms with Crippen molar-refractivity contribution in [1.29, 1.82) is 0 Å².